The molecule has 2 rings (SSSR count). The highest BCUT2D eigenvalue weighted by atomic mass is 19.3. The van der Waals surface area contributed by atoms with Gasteiger partial charge in [0, 0.05) is 17.6 Å². The second-order valence-electron chi connectivity index (χ2n) is 8.21. The van der Waals surface area contributed by atoms with Crippen molar-refractivity contribution in [3.8, 4) is 5.88 Å². The molecule has 0 bridgehead atoms. The molecule has 1 aromatic rings. The van der Waals surface area contributed by atoms with E-state index in [4.69, 9.17) is 10.5 Å². The molecule has 4 N–H and O–H groups in total. The van der Waals surface area contributed by atoms with Crippen LogP contribution in [0.4, 0.5) is 23.8 Å². The Morgan fingerprint density at radius 1 is 1.33 bits per heavy atom. The highest BCUT2D eigenvalue weighted by Gasteiger charge is 2.35. The summed E-state index contributed by atoms with van der Waals surface area (Å²) in [7, 11) is 0. The standard InChI is InChI=1S/C19H27F3N4O4/c1-19(2,3)26(18(28)29)11-6-4-10(5-7-11)24-16-13(20)8-12(15(23)27)17(25-16)30-9-14(21)22/h8,10-11,14H,4-7,9H2,1-3H3,(H2,23,27)(H,24,25)(H,28,29). The molecule has 11 heteroatoms. The van der Waals surface area contributed by atoms with E-state index in [-0.39, 0.29) is 17.9 Å². The predicted octanol–water partition coefficient (Wildman–Crippen LogP) is 3.47. The van der Waals surface area contributed by atoms with Gasteiger partial charge >= 0.3 is 6.09 Å². The van der Waals surface area contributed by atoms with Crippen LogP contribution in [0.3, 0.4) is 0 Å². The Hall–Kier alpha value is -2.72. The Morgan fingerprint density at radius 2 is 1.93 bits per heavy atom. The van der Waals surface area contributed by atoms with Crippen LogP contribution in [0.5, 0.6) is 5.88 Å². The maximum absolute atomic E-state index is 14.4. The van der Waals surface area contributed by atoms with Crippen LogP contribution in [0, 0.1) is 5.82 Å². The van der Waals surface area contributed by atoms with Crippen molar-refractivity contribution in [1.82, 2.24) is 9.88 Å². The van der Waals surface area contributed by atoms with Crippen molar-refractivity contribution in [2.75, 3.05) is 11.9 Å². The lowest BCUT2D eigenvalue weighted by molar-refractivity contribution is 0.0556. The molecule has 0 aliphatic heterocycles. The van der Waals surface area contributed by atoms with E-state index in [0.717, 1.165) is 6.07 Å². The summed E-state index contributed by atoms with van der Waals surface area (Å²) < 4.78 is 44.1. The summed E-state index contributed by atoms with van der Waals surface area (Å²) in [4.78, 5) is 28.3. The topological polar surface area (TPSA) is 118 Å². The molecule has 0 saturated heterocycles. The summed E-state index contributed by atoms with van der Waals surface area (Å²) in [6, 6.07) is 0.428. The van der Waals surface area contributed by atoms with Crippen LogP contribution in [0.25, 0.3) is 0 Å². The molecule has 0 radical (unpaired) electrons. The number of rotatable bonds is 7. The van der Waals surface area contributed by atoms with E-state index in [1.807, 2.05) is 20.8 Å². The van der Waals surface area contributed by atoms with E-state index in [9.17, 15) is 27.9 Å². The molecule has 1 saturated carbocycles. The third-order valence-electron chi connectivity index (χ3n) is 4.88. The molecular formula is C19H27F3N4O4. The molecule has 1 fully saturated rings. The minimum absolute atomic E-state index is 0.166. The Balaban J connectivity index is 2.11. The number of carbonyl (C=O) groups excluding carboxylic acids is 1. The first-order valence-electron chi connectivity index (χ1n) is 9.60. The number of carbonyl (C=O) groups is 2. The van der Waals surface area contributed by atoms with Gasteiger partial charge in [-0.3, -0.25) is 4.79 Å². The molecule has 1 aliphatic rings. The van der Waals surface area contributed by atoms with Gasteiger partial charge in [0.25, 0.3) is 12.3 Å². The van der Waals surface area contributed by atoms with Crippen LogP contribution >= 0.6 is 0 Å². The lowest BCUT2D eigenvalue weighted by atomic mass is 9.88. The van der Waals surface area contributed by atoms with Crippen molar-refractivity contribution in [1.29, 1.82) is 0 Å². The summed E-state index contributed by atoms with van der Waals surface area (Å²) in [5, 5.41) is 12.4. The van der Waals surface area contributed by atoms with Gasteiger partial charge in [-0.05, 0) is 52.5 Å². The quantitative estimate of drug-likeness (QED) is 0.607. The second kappa shape index (κ2) is 9.40. The minimum Gasteiger partial charge on any atom is -0.471 e. The van der Waals surface area contributed by atoms with Crippen molar-refractivity contribution in [3.63, 3.8) is 0 Å². The number of halogens is 3. The molecule has 8 nitrogen and oxygen atoms in total. The smallest absolute Gasteiger partial charge is 0.407 e. The van der Waals surface area contributed by atoms with Crippen LogP contribution in [-0.2, 0) is 0 Å². The molecule has 1 aromatic heterocycles. The predicted molar refractivity (Wildman–Crippen MR) is 103 cm³/mol. The summed E-state index contributed by atoms with van der Waals surface area (Å²) in [6.45, 7) is 4.46. The van der Waals surface area contributed by atoms with E-state index < -0.39 is 47.8 Å². The number of amides is 2. The fourth-order valence-corrected chi connectivity index (χ4v) is 3.66. The van der Waals surface area contributed by atoms with Gasteiger partial charge in [-0.2, -0.15) is 4.98 Å². The van der Waals surface area contributed by atoms with Crippen molar-refractivity contribution >= 4 is 17.8 Å². The number of anilines is 1. The lowest BCUT2D eigenvalue weighted by Crippen LogP contribution is -2.52. The molecule has 0 aromatic carbocycles. The number of hydrogen-bond donors (Lipinski definition) is 3. The largest absolute Gasteiger partial charge is 0.471 e. The maximum Gasteiger partial charge on any atom is 0.407 e. The number of alkyl halides is 2. The van der Waals surface area contributed by atoms with E-state index in [2.05, 4.69) is 10.3 Å². The Morgan fingerprint density at radius 3 is 2.40 bits per heavy atom. The summed E-state index contributed by atoms with van der Waals surface area (Å²) in [5.74, 6) is -2.62. The number of pyridine rings is 1. The zero-order valence-corrected chi connectivity index (χ0v) is 17.1. The molecule has 0 unspecified atom stereocenters. The zero-order chi connectivity index (χ0) is 22.6. The van der Waals surface area contributed by atoms with Crippen LogP contribution in [0.15, 0.2) is 6.07 Å². The molecule has 1 aliphatic carbocycles. The molecule has 2 amide bonds. The maximum atomic E-state index is 14.4. The fraction of sp³-hybridized carbons (Fsp3) is 0.632. The van der Waals surface area contributed by atoms with Crippen molar-refractivity contribution in [2.45, 2.75) is 70.5 Å². The average molecular weight is 432 g/mol. The van der Waals surface area contributed by atoms with E-state index >= 15 is 0 Å². The summed E-state index contributed by atoms with van der Waals surface area (Å²) in [6.07, 6.45) is -1.56. The lowest BCUT2D eigenvalue weighted by Gasteiger charge is -2.42. The van der Waals surface area contributed by atoms with Gasteiger partial charge in [0.15, 0.2) is 18.2 Å². The molecule has 0 atom stereocenters. The van der Waals surface area contributed by atoms with Crippen molar-refractivity contribution in [2.24, 2.45) is 5.73 Å². The second-order valence-corrected chi connectivity index (χ2v) is 8.21. The first-order chi connectivity index (χ1) is 13.9. The Labute approximate surface area is 172 Å². The number of nitrogens with zero attached hydrogens (tertiary/aromatic N) is 2. The van der Waals surface area contributed by atoms with E-state index in [1.54, 1.807) is 0 Å². The van der Waals surface area contributed by atoms with Gasteiger partial charge in [0.2, 0.25) is 5.88 Å². The van der Waals surface area contributed by atoms with Gasteiger partial charge < -0.3 is 25.8 Å². The van der Waals surface area contributed by atoms with Crippen molar-refractivity contribution in [3.05, 3.63) is 17.4 Å². The highest BCUT2D eigenvalue weighted by Crippen LogP contribution is 2.31. The highest BCUT2D eigenvalue weighted by molar-refractivity contribution is 5.95. The van der Waals surface area contributed by atoms with Crippen LogP contribution < -0.4 is 15.8 Å². The number of carboxylic acid groups (broad SMARTS) is 1. The minimum atomic E-state index is -2.80. The number of ether oxygens (including phenoxy) is 1. The number of nitrogens with one attached hydrogen (secondary N) is 1. The molecule has 30 heavy (non-hydrogen) atoms. The van der Waals surface area contributed by atoms with Gasteiger partial charge in [0.1, 0.15) is 5.56 Å². The SMILES string of the molecule is CC(C)(C)N(C(=O)O)C1CCC(Nc2nc(OCC(F)F)c(C(N)=O)cc2F)CC1. The fourth-order valence-electron chi connectivity index (χ4n) is 3.66. The summed E-state index contributed by atoms with van der Waals surface area (Å²) >= 11 is 0. The third kappa shape index (κ3) is 5.90. The number of primary amides is 1. The third-order valence-corrected chi connectivity index (χ3v) is 4.88. The molecular weight excluding hydrogens is 405 g/mol. The number of aromatic nitrogens is 1. The molecule has 1 heterocycles. The van der Waals surface area contributed by atoms with Crippen LogP contribution in [-0.4, -0.2) is 57.6 Å². The first-order valence-corrected chi connectivity index (χ1v) is 9.60. The average Bonchev–Trinajstić information content (AvgIpc) is 2.61. The normalized spacial score (nSPS) is 19.4. The van der Waals surface area contributed by atoms with E-state index in [1.165, 1.54) is 4.90 Å². The molecule has 168 valence electrons. The monoisotopic (exact) mass is 432 g/mol. The summed E-state index contributed by atoms with van der Waals surface area (Å²) in [5.41, 5.74) is 4.17. The van der Waals surface area contributed by atoms with E-state index in [0.29, 0.717) is 25.7 Å². The van der Waals surface area contributed by atoms with Gasteiger partial charge in [-0.15, -0.1) is 0 Å². The molecule has 0 spiro atoms. The Bertz CT molecular complexity index is 778. The van der Waals surface area contributed by atoms with Gasteiger partial charge in [-0.1, -0.05) is 0 Å². The van der Waals surface area contributed by atoms with Gasteiger partial charge in [-0.25, -0.2) is 18.0 Å². The zero-order valence-electron chi connectivity index (χ0n) is 17.1. The number of nitrogens with two attached hydrogens (primary N) is 1. The van der Waals surface area contributed by atoms with Crippen LogP contribution in [0.1, 0.15) is 56.8 Å². The number of hydrogen-bond acceptors (Lipinski definition) is 5. The Kier molecular flexibility index (Phi) is 7.38. The first kappa shape index (κ1) is 23.6. The van der Waals surface area contributed by atoms with Crippen molar-refractivity contribution < 1.29 is 32.6 Å². The van der Waals surface area contributed by atoms with Crippen LogP contribution in [0.2, 0.25) is 0 Å². The van der Waals surface area contributed by atoms with Gasteiger partial charge in [0.05, 0.1) is 0 Å².